The van der Waals surface area contributed by atoms with Gasteiger partial charge < -0.3 is 34.3 Å². The van der Waals surface area contributed by atoms with Crippen LogP contribution in [0.25, 0.3) is 11.2 Å². The first-order valence-electron chi connectivity index (χ1n) is 16.8. The number of nitrogens with zero attached hydrogens (tertiary/aromatic N) is 6. The quantitative estimate of drug-likeness (QED) is 0.264. The Morgan fingerprint density at radius 1 is 1.13 bits per heavy atom. The SMILES string of the molecule is CCc1c(N2CCN(C(=O)c3c(OC)[nH]cc(C)c3=O)[C@H]3CCC[C@@H]32)c(=O)c2nc(N(C)C)cnc2n1CC(=O)Nc1ccc(C(F)(F)F)cc1Cl. The van der Waals surface area contributed by atoms with Gasteiger partial charge in [-0.15, -0.1) is 0 Å². The number of rotatable bonds is 8. The highest BCUT2D eigenvalue weighted by Gasteiger charge is 2.44. The molecule has 3 aromatic heterocycles. The van der Waals surface area contributed by atoms with E-state index in [0.717, 1.165) is 24.6 Å². The highest BCUT2D eigenvalue weighted by atomic mass is 35.5. The van der Waals surface area contributed by atoms with Crippen molar-refractivity contribution < 1.29 is 27.5 Å². The van der Waals surface area contributed by atoms with Crippen LogP contribution in [0.4, 0.5) is 30.4 Å². The number of pyridine rings is 2. The number of ether oxygens (including phenoxy) is 1. The van der Waals surface area contributed by atoms with Gasteiger partial charge in [0.05, 0.1) is 35.6 Å². The number of halogens is 4. The first-order valence-corrected chi connectivity index (χ1v) is 17.1. The van der Waals surface area contributed by atoms with Crippen LogP contribution in [-0.2, 0) is 23.9 Å². The van der Waals surface area contributed by atoms with E-state index in [1.165, 1.54) is 19.5 Å². The summed E-state index contributed by atoms with van der Waals surface area (Å²) in [5.74, 6) is -0.574. The number of aryl methyl sites for hydroxylation is 1. The van der Waals surface area contributed by atoms with Crippen molar-refractivity contribution in [2.45, 2.75) is 64.3 Å². The van der Waals surface area contributed by atoms with Gasteiger partial charge in [-0.3, -0.25) is 19.2 Å². The Labute approximate surface area is 301 Å². The van der Waals surface area contributed by atoms with Crippen molar-refractivity contribution in [3.63, 3.8) is 0 Å². The van der Waals surface area contributed by atoms with E-state index >= 15 is 0 Å². The normalized spacial score (nSPS) is 17.3. The summed E-state index contributed by atoms with van der Waals surface area (Å²) in [6.07, 6.45) is 0.740. The average Bonchev–Trinajstić information content (AvgIpc) is 3.60. The predicted octanol–water partition coefficient (Wildman–Crippen LogP) is 4.62. The minimum atomic E-state index is -4.61. The molecule has 2 N–H and O–H groups in total. The van der Waals surface area contributed by atoms with Gasteiger partial charge in [-0.2, -0.15) is 13.2 Å². The molecule has 13 nitrogen and oxygen atoms in total. The van der Waals surface area contributed by atoms with Gasteiger partial charge in [0.15, 0.2) is 11.2 Å². The monoisotopic (exact) mass is 742 g/mol. The molecule has 1 saturated heterocycles. The van der Waals surface area contributed by atoms with Crippen molar-refractivity contribution in [1.29, 1.82) is 0 Å². The van der Waals surface area contributed by atoms with Crippen LogP contribution in [0.3, 0.4) is 0 Å². The Balaban J connectivity index is 1.41. The van der Waals surface area contributed by atoms with Crippen LogP contribution in [0.1, 0.15) is 53.4 Å². The molecule has 2 amide bonds. The molecular formula is C35H38ClF3N8O5. The topological polar surface area (TPSA) is 146 Å². The predicted molar refractivity (Wildman–Crippen MR) is 191 cm³/mol. The molecule has 2 atom stereocenters. The molecular weight excluding hydrogens is 705 g/mol. The second-order valence-electron chi connectivity index (χ2n) is 13.1. The van der Waals surface area contributed by atoms with Crippen molar-refractivity contribution in [2.75, 3.05) is 49.4 Å². The maximum absolute atomic E-state index is 14.5. The number of anilines is 3. The molecule has 4 heterocycles. The van der Waals surface area contributed by atoms with Crippen LogP contribution in [0.5, 0.6) is 5.88 Å². The molecule has 0 unspecified atom stereocenters. The molecule has 1 aromatic carbocycles. The number of hydrogen-bond acceptors (Lipinski definition) is 9. The number of piperazine rings is 1. The zero-order valence-corrected chi connectivity index (χ0v) is 30.0. The van der Waals surface area contributed by atoms with E-state index in [9.17, 15) is 32.3 Å². The average molecular weight is 743 g/mol. The number of aromatic amines is 1. The summed E-state index contributed by atoms with van der Waals surface area (Å²) in [6.45, 7) is 3.55. The van der Waals surface area contributed by atoms with Gasteiger partial charge in [0.2, 0.25) is 22.6 Å². The van der Waals surface area contributed by atoms with Crippen molar-refractivity contribution in [3.05, 3.63) is 78.4 Å². The molecule has 17 heteroatoms. The number of alkyl halides is 3. The van der Waals surface area contributed by atoms with Gasteiger partial charge in [0.1, 0.15) is 23.6 Å². The van der Waals surface area contributed by atoms with E-state index in [2.05, 4.69) is 20.3 Å². The van der Waals surface area contributed by atoms with E-state index in [-0.39, 0.29) is 70.5 Å². The van der Waals surface area contributed by atoms with E-state index in [1.807, 2.05) is 11.8 Å². The third kappa shape index (κ3) is 6.55. The maximum atomic E-state index is 14.5. The van der Waals surface area contributed by atoms with Gasteiger partial charge >= 0.3 is 6.18 Å². The van der Waals surface area contributed by atoms with Gasteiger partial charge in [0.25, 0.3) is 5.91 Å². The minimum Gasteiger partial charge on any atom is -0.482 e. The summed E-state index contributed by atoms with van der Waals surface area (Å²) < 4.78 is 46.7. The molecule has 4 aromatic rings. The molecule has 0 radical (unpaired) electrons. The number of amides is 2. The fourth-order valence-corrected chi connectivity index (χ4v) is 7.45. The molecule has 1 aliphatic carbocycles. The number of aromatic nitrogens is 4. The summed E-state index contributed by atoms with van der Waals surface area (Å²) in [7, 11) is 4.89. The molecule has 1 aliphatic heterocycles. The Kier molecular flexibility index (Phi) is 9.96. The van der Waals surface area contributed by atoms with Crippen LogP contribution in [0.2, 0.25) is 5.02 Å². The molecule has 2 fully saturated rings. The van der Waals surface area contributed by atoms with Crippen LogP contribution < -0.4 is 30.7 Å². The van der Waals surface area contributed by atoms with Crippen molar-refractivity contribution >= 4 is 51.8 Å². The molecule has 0 bridgehead atoms. The number of nitrogens with one attached hydrogen (secondary N) is 2. The van der Waals surface area contributed by atoms with E-state index in [0.29, 0.717) is 42.0 Å². The fraction of sp³-hybridized carbons (Fsp3) is 0.429. The first-order chi connectivity index (χ1) is 24.7. The Hall–Kier alpha value is -5.12. The Bertz CT molecular complexity index is 2190. The first kappa shape index (κ1) is 36.7. The number of carbonyl (C=O) groups excluding carboxylic acids is 2. The van der Waals surface area contributed by atoms with E-state index < -0.39 is 29.0 Å². The fourth-order valence-electron chi connectivity index (χ4n) is 7.22. The zero-order chi connectivity index (χ0) is 37.6. The lowest BCUT2D eigenvalue weighted by Crippen LogP contribution is -2.60. The van der Waals surface area contributed by atoms with E-state index in [4.69, 9.17) is 16.3 Å². The number of fused-ring (bicyclic) bond motifs is 2. The third-order valence-electron chi connectivity index (χ3n) is 9.72. The summed E-state index contributed by atoms with van der Waals surface area (Å²) >= 11 is 6.14. The highest BCUT2D eigenvalue weighted by Crippen LogP contribution is 2.37. The van der Waals surface area contributed by atoms with Gasteiger partial charge in [-0.25, -0.2) is 9.97 Å². The Morgan fingerprint density at radius 3 is 2.52 bits per heavy atom. The van der Waals surface area contributed by atoms with Crippen LogP contribution >= 0.6 is 11.6 Å². The van der Waals surface area contributed by atoms with Gasteiger partial charge in [-0.1, -0.05) is 18.5 Å². The second kappa shape index (κ2) is 14.1. The molecule has 2 aliphatic rings. The smallest absolute Gasteiger partial charge is 0.416 e. The molecule has 1 saturated carbocycles. The maximum Gasteiger partial charge on any atom is 0.416 e. The lowest BCUT2D eigenvalue weighted by atomic mass is 10.0. The van der Waals surface area contributed by atoms with Crippen LogP contribution in [0.15, 0.2) is 40.2 Å². The largest absolute Gasteiger partial charge is 0.482 e. The van der Waals surface area contributed by atoms with Crippen LogP contribution in [0, 0.1) is 6.92 Å². The van der Waals surface area contributed by atoms with Crippen molar-refractivity contribution in [3.8, 4) is 5.88 Å². The van der Waals surface area contributed by atoms with Gasteiger partial charge in [0, 0.05) is 50.7 Å². The van der Waals surface area contributed by atoms with Crippen molar-refractivity contribution in [1.82, 2.24) is 24.4 Å². The number of carbonyl (C=O) groups is 2. The lowest BCUT2D eigenvalue weighted by molar-refractivity contribution is -0.137. The Morgan fingerprint density at radius 2 is 1.87 bits per heavy atom. The summed E-state index contributed by atoms with van der Waals surface area (Å²) in [4.78, 5) is 72.7. The zero-order valence-electron chi connectivity index (χ0n) is 29.2. The van der Waals surface area contributed by atoms with Crippen molar-refractivity contribution in [2.24, 2.45) is 0 Å². The molecule has 0 spiro atoms. The molecule has 276 valence electrons. The number of methoxy groups -OCH3 is 1. The standard InChI is InChI=1S/C35H38ClF3N8O5/c1-6-22-29(45-12-13-46(24-9-7-8-23(24)45)34(51)27-30(49)18(2)15-41-33(27)52-5)31(50)28-32(40-16-25(43-28)44(3)4)47(22)17-26(48)42-21-11-10-19(14-20(21)36)35(37,38)39/h10-11,14-16,23-24H,6-9,12-13,17H2,1-5H3,(H,41,49)(H,42,48)/t23-,24-/m0/s1. The summed E-state index contributed by atoms with van der Waals surface area (Å²) in [6, 6.07) is 2.03. The summed E-state index contributed by atoms with van der Waals surface area (Å²) in [5, 5.41) is 2.31. The molecule has 6 rings (SSSR count). The minimum absolute atomic E-state index is 0.0112. The third-order valence-corrected chi connectivity index (χ3v) is 10.0. The number of benzene rings is 1. The van der Waals surface area contributed by atoms with E-state index in [1.54, 1.807) is 35.4 Å². The highest BCUT2D eigenvalue weighted by molar-refractivity contribution is 6.33. The molecule has 52 heavy (non-hydrogen) atoms. The van der Waals surface area contributed by atoms with Gasteiger partial charge in [-0.05, 0) is 50.8 Å². The van der Waals surface area contributed by atoms with Crippen LogP contribution in [-0.4, -0.2) is 82.6 Å². The second-order valence-corrected chi connectivity index (χ2v) is 13.5. The lowest BCUT2D eigenvalue weighted by Gasteiger charge is -2.46. The summed E-state index contributed by atoms with van der Waals surface area (Å²) in [5.41, 5.74) is -0.452. The number of hydrogen-bond donors (Lipinski definition) is 2. The number of H-pyrrole nitrogens is 1.